The number of hydrogen-bond acceptors (Lipinski definition) is 5. The van der Waals surface area contributed by atoms with Crippen LogP contribution in [0.25, 0.3) is 0 Å². The standard InChI is InChI=1S/C20H24N4O5/c1-13(2)17(22-16(25)11-14-7-4-3-5-8-14)18(26)23-24-20(28)19(27)21-12-15-9-6-10-29-15/h3-10,13,17H,11-12H2,1-2H3,(H,21,27)(H,22,25)(H,23,26)(H,24,28)/t17-/m0/s1. The van der Waals surface area contributed by atoms with Gasteiger partial charge in [-0.1, -0.05) is 44.2 Å². The largest absolute Gasteiger partial charge is 0.467 e. The number of nitrogens with one attached hydrogen (secondary N) is 4. The first-order valence-corrected chi connectivity index (χ1v) is 9.10. The normalized spacial score (nSPS) is 11.4. The Bertz CT molecular complexity index is 834. The van der Waals surface area contributed by atoms with Gasteiger partial charge in [-0.25, -0.2) is 0 Å². The molecule has 0 aliphatic carbocycles. The van der Waals surface area contributed by atoms with Crippen LogP contribution in [0.4, 0.5) is 0 Å². The highest BCUT2D eigenvalue weighted by molar-refractivity contribution is 6.35. The number of hydrogen-bond donors (Lipinski definition) is 4. The van der Waals surface area contributed by atoms with Crippen LogP contribution in [0.3, 0.4) is 0 Å². The quantitative estimate of drug-likeness (QED) is 0.396. The zero-order valence-corrected chi connectivity index (χ0v) is 16.2. The summed E-state index contributed by atoms with van der Waals surface area (Å²) in [4.78, 5) is 48.1. The molecule has 9 nitrogen and oxygen atoms in total. The van der Waals surface area contributed by atoms with Gasteiger partial charge < -0.3 is 15.1 Å². The molecule has 2 rings (SSSR count). The van der Waals surface area contributed by atoms with E-state index in [0.29, 0.717) is 5.76 Å². The van der Waals surface area contributed by atoms with Gasteiger partial charge in [0.05, 0.1) is 19.2 Å². The third-order valence-corrected chi connectivity index (χ3v) is 3.98. The molecule has 0 aliphatic rings. The molecule has 0 radical (unpaired) electrons. The van der Waals surface area contributed by atoms with Crippen molar-refractivity contribution in [1.29, 1.82) is 0 Å². The molecule has 2 aromatic rings. The van der Waals surface area contributed by atoms with Crippen molar-refractivity contribution in [2.45, 2.75) is 32.9 Å². The fourth-order valence-electron chi connectivity index (χ4n) is 2.45. The summed E-state index contributed by atoms with van der Waals surface area (Å²) in [7, 11) is 0. The molecular formula is C20H24N4O5. The SMILES string of the molecule is CC(C)[C@H](NC(=O)Cc1ccccc1)C(=O)NNC(=O)C(=O)NCc1ccco1. The van der Waals surface area contributed by atoms with Crippen LogP contribution in [-0.4, -0.2) is 29.7 Å². The molecule has 0 saturated carbocycles. The molecule has 1 aromatic heterocycles. The number of rotatable bonds is 7. The van der Waals surface area contributed by atoms with E-state index in [1.807, 2.05) is 35.8 Å². The predicted molar refractivity (Wildman–Crippen MR) is 104 cm³/mol. The summed E-state index contributed by atoms with van der Waals surface area (Å²) in [5.74, 6) is -2.68. The second-order valence-electron chi connectivity index (χ2n) is 6.66. The summed E-state index contributed by atoms with van der Waals surface area (Å²) in [5.41, 5.74) is 5.02. The molecule has 4 amide bonds. The van der Waals surface area contributed by atoms with Crippen LogP contribution in [-0.2, 0) is 32.1 Å². The maximum Gasteiger partial charge on any atom is 0.327 e. The molecule has 0 fully saturated rings. The van der Waals surface area contributed by atoms with Crippen molar-refractivity contribution >= 4 is 23.6 Å². The Labute approximate surface area is 168 Å². The third-order valence-electron chi connectivity index (χ3n) is 3.98. The maximum absolute atomic E-state index is 12.4. The van der Waals surface area contributed by atoms with Crippen LogP contribution in [0.15, 0.2) is 53.1 Å². The number of benzene rings is 1. The summed E-state index contributed by atoms with van der Waals surface area (Å²) < 4.78 is 5.04. The van der Waals surface area contributed by atoms with E-state index in [1.165, 1.54) is 6.26 Å². The van der Waals surface area contributed by atoms with E-state index in [0.717, 1.165) is 5.56 Å². The minimum atomic E-state index is -1.04. The van der Waals surface area contributed by atoms with Crippen LogP contribution in [0.2, 0.25) is 0 Å². The van der Waals surface area contributed by atoms with Crippen molar-refractivity contribution in [3.63, 3.8) is 0 Å². The minimum Gasteiger partial charge on any atom is -0.467 e. The fraction of sp³-hybridized carbons (Fsp3) is 0.300. The summed E-state index contributed by atoms with van der Waals surface area (Å²) in [5, 5.41) is 5.00. The van der Waals surface area contributed by atoms with Crippen molar-refractivity contribution in [3.05, 3.63) is 60.1 Å². The molecule has 1 heterocycles. The monoisotopic (exact) mass is 400 g/mol. The lowest BCUT2D eigenvalue weighted by atomic mass is 10.0. The van der Waals surface area contributed by atoms with Crippen LogP contribution < -0.4 is 21.5 Å². The highest BCUT2D eigenvalue weighted by Gasteiger charge is 2.25. The first-order valence-electron chi connectivity index (χ1n) is 9.10. The Kier molecular flexibility index (Phi) is 7.96. The number of carbonyl (C=O) groups is 4. The van der Waals surface area contributed by atoms with Crippen molar-refractivity contribution < 1.29 is 23.6 Å². The number of amides is 4. The van der Waals surface area contributed by atoms with Crippen molar-refractivity contribution in [1.82, 2.24) is 21.5 Å². The van der Waals surface area contributed by atoms with Crippen LogP contribution in [0, 0.1) is 5.92 Å². The van der Waals surface area contributed by atoms with E-state index in [2.05, 4.69) is 16.1 Å². The first kappa shape index (κ1) is 21.7. The Morgan fingerprint density at radius 3 is 2.28 bits per heavy atom. The van der Waals surface area contributed by atoms with Gasteiger partial charge in [-0.15, -0.1) is 0 Å². The van der Waals surface area contributed by atoms with Gasteiger partial charge in [-0.3, -0.25) is 30.0 Å². The minimum absolute atomic E-state index is 0.0390. The molecule has 0 bridgehead atoms. The smallest absolute Gasteiger partial charge is 0.327 e. The van der Waals surface area contributed by atoms with Gasteiger partial charge in [0.2, 0.25) is 5.91 Å². The topological polar surface area (TPSA) is 130 Å². The molecule has 0 spiro atoms. The second kappa shape index (κ2) is 10.6. The molecular weight excluding hydrogens is 376 g/mol. The van der Waals surface area contributed by atoms with E-state index in [4.69, 9.17) is 4.42 Å². The lowest BCUT2D eigenvalue weighted by Crippen LogP contribution is -2.56. The molecule has 4 N–H and O–H groups in total. The molecule has 9 heteroatoms. The van der Waals surface area contributed by atoms with Crippen LogP contribution >= 0.6 is 0 Å². The Balaban J connectivity index is 1.81. The summed E-state index contributed by atoms with van der Waals surface area (Å²) in [6.45, 7) is 3.55. The summed E-state index contributed by atoms with van der Waals surface area (Å²) in [6.07, 6.45) is 1.57. The lowest BCUT2D eigenvalue weighted by Gasteiger charge is -2.21. The maximum atomic E-state index is 12.4. The van der Waals surface area contributed by atoms with Crippen molar-refractivity contribution in [3.8, 4) is 0 Å². The summed E-state index contributed by atoms with van der Waals surface area (Å²) in [6, 6.07) is 11.5. The van der Waals surface area contributed by atoms with E-state index < -0.39 is 23.8 Å². The van der Waals surface area contributed by atoms with Crippen LogP contribution in [0.1, 0.15) is 25.2 Å². The number of carbonyl (C=O) groups excluding carboxylic acids is 4. The van der Waals surface area contributed by atoms with Gasteiger partial charge in [0.1, 0.15) is 11.8 Å². The highest BCUT2D eigenvalue weighted by Crippen LogP contribution is 2.04. The zero-order valence-electron chi connectivity index (χ0n) is 16.2. The van der Waals surface area contributed by atoms with Gasteiger partial charge in [0, 0.05) is 0 Å². The van der Waals surface area contributed by atoms with Gasteiger partial charge >= 0.3 is 11.8 Å². The Morgan fingerprint density at radius 1 is 0.931 bits per heavy atom. The second-order valence-corrected chi connectivity index (χ2v) is 6.66. The van der Waals surface area contributed by atoms with E-state index >= 15 is 0 Å². The average Bonchev–Trinajstić information content (AvgIpc) is 3.22. The van der Waals surface area contributed by atoms with E-state index in [1.54, 1.807) is 26.0 Å². The highest BCUT2D eigenvalue weighted by atomic mass is 16.3. The van der Waals surface area contributed by atoms with Crippen molar-refractivity contribution in [2.75, 3.05) is 0 Å². The molecule has 1 aromatic carbocycles. The Morgan fingerprint density at radius 2 is 1.66 bits per heavy atom. The molecule has 0 unspecified atom stereocenters. The number of furan rings is 1. The van der Waals surface area contributed by atoms with Gasteiger partial charge in [-0.2, -0.15) is 0 Å². The fourth-order valence-corrected chi connectivity index (χ4v) is 2.45. The lowest BCUT2D eigenvalue weighted by molar-refractivity contribution is -0.141. The van der Waals surface area contributed by atoms with E-state index in [-0.39, 0.29) is 24.8 Å². The Hall–Kier alpha value is -3.62. The molecule has 154 valence electrons. The number of hydrazine groups is 1. The van der Waals surface area contributed by atoms with Gasteiger partial charge in [-0.05, 0) is 23.6 Å². The zero-order chi connectivity index (χ0) is 21.2. The predicted octanol–water partition coefficient (Wildman–Crippen LogP) is 0.427. The molecule has 29 heavy (non-hydrogen) atoms. The summed E-state index contributed by atoms with van der Waals surface area (Å²) >= 11 is 0. The van der Waals surface area contributed by atoms with Gasteiger partial charge in [0.15, 0.2) is 0 Å². The molecule has 0 aliphatic heterocycles. The average molecular weight is 400 g/mol. The van der Waals surface area contributed by atoms with Crippen molar-refractivity contribution in [2.24, 2.45) is 5.92 Å². The molecule has 0 saturated heterocycles. The van der Waals surface area contributed by atoms with E-state index in [9.17, 15) is 19.2 Å². The molecule has 1 atom stereocenters. The van der Waals surface area contributed by atoms with Crippen LogP contribution in [0.5, 0.6) is 0 Å². The first-order chi connectivity index (χ1) is 13.9. The van der Waals surface area contributed by atoms with Gasteiger partial charge in [0.25, 0.3) is 5.91 Å². The third kappa shape index (κ3) is 7.13.